The minimum Gasteiger partial charge on any atom is -0.497 e. The molecule has 1 aromatic carbocycles. The van der Waals surface area contributed by atoms with Gasteiger partial charge in [0.15, 0.2) is 0 Å². The summed E-state index contributed by atoms with van der Waals surface area (Å²) in [6, 6.07) is 10.1. The fraction of sp³-hybridized carbons (Fsp3) is 0.375. The Balaban J connectivity index is 2.44. The van der Waals surface area contributed by atoms with Gasteiger partial charge in [-0.15, -0.1) is 11.3 Å². The number of nitriles is 1. The molecule has 0 saturated carbocycles. The summed E-state index contributed by atoms with van der Waals surface area (Å²) in [5, 5.41) is 9.93. The van der Waals surface area contributed by atoms with Crippen molar-refractivity contribution in [3.8, 4) is 22.4 Å². The van der Waals surface area contributed by atoms with E-state index in [1.165, 1.54) is 0 Å². The van der Waals surface area contributed by atoms with E-state index in [0.717, 1.165) is 26.9 Å². The maximum Gasteiger partial charge on any atom is 0.123 e. The second-order valence-corrected chi connectivity index (χ2v) is 6.69. The van der Waals surface area contributed by atoms with Crippen LogP contribution in [0, 0.1) is 11.3 Å². The van der Waals surface area contributed by atoms with Gasteiger partial charge in [0.2, 0.25) is 0 Å². The van der Waals surface area contributed by atoms with Gasteiger partial charge in [-0.1, -0.05) is 20.8 Å². The van der Waals surface area contributed by atoms with Crippen molar-refractivity contribution in [2.24, 2.45) is 0 Å². The number of ether oxygens (including phenoxy) is 1. The topological polar surface area (TPSA) is 45.9 Å². The highest BCUT2D eigenvalue weighted by atomic mass is 32.1. The maximum absolute atomic E-state index is 8.97. The number of thiazole rings is 1. The molecule has 0 radical (unpaired) electrons. The minimum atomic E-state index is -0.0482. The Morgan fingerprint density at radius 2 is 1.90 bits per heavy atom. The number of hydrogen-bond donors (Lipinski definition) is 0. The molecule has 0 bridgehead atoms. The van der Waals surface area contributed by atoms with Gasteiger partial charge in [0, 0.05) is 15.9 Å². The lowest BCUT2D eigenvalue weighted by molar-refractivity contribution is 0.415. The van der Waals surface area contributed by atoms with Crippen molar-refractivity contribution in [2.45, 2.75) is 32.6 Å². The van der Waals surface area contributed by atoms with Crippen LogP contribution in [0.2, 0.25) is 0 Å². The molecule has 0 fully saturated rings. The fourth-order valence-electron chi connectivity index (χ4n) is 1.99. The van der Waals surface area contributed by atoms with Crippen LogP contribution in [0.5, 0.6) is 5.75 Å². The highest BCUT2D eigenvalue weighted by Crippen LogP contribution is 2.35. The summed E-state index contributed by atoms with van der Waals surface area (Å²) in [7, 11) is 1.65. The van der Waals surface area contributed by atoms with Gasteiger partial charge < -0.3 is 4.74 Å². The lowest BCUT2D eigenvalue weighted by atomic mass is 9.91. The average molecular weight is 286 g/mol. The largest absolute Gasteiger partial charge is 0.497 e. The van der Waals surface area contributed by atoms with E-state index < -0.39 is 0 Å². The standard InChI is InChI=1S/C16H18N2OS/c1-16(2,3)14-13(9-10-17)20-15(18-14)11-5-7-12(19-4)8-6-11/h5-8H,9H2,1-4H3. The fourth-order valence-corrected chi connectivity index (χ4v) is 3.20. The number of aromatic nitrogens is 1. The van der Waals surface area contributed by atoms with E-state index in [-0.39, 0.29) is 5.41 Å². The number of rotatable bonds is 3. The predicted molar refractivity (Wildman–Crippen MR) is 82.1 cm³/mol. The van der Waals surface area contributed by atoms with Crippen LogP contribution in [0.15, 0.2) is 24.3 Å². The average Bonchev–Trinajstić information content (AvgIpc) is 2.83. The maximum atomic E-state index is 8.97. The minimum absolute atomic E-state index is 0.0482. The van der Waals surface area contributed by atoms with Crippen molar-refractivity contribution >= 4 is 11.3 Å². The molecule has 0 aliphatic heterocycles. The monoisotopic (exact) mass is 286 g/mol. The van der Waals surface area contributed by atoms with Crippen LogP contribution in [0.3, 0.4) is 0 Å². The predicted octanol–water partition coefficient (Wildman–Crippen LogP) is 4.18. The SMILES string of the molecule is COc1ccc(-c2nc(C(C)(C)C)c(CC#N)s2)cc1. The Morgan fingerprint density at radius 3 is 2.40 bits per heavy atom. The van der Waals surface area contributed by atoms with Crippen molar-refractivity contribution in [3.63, 3.8) is 0 Å². The molecule has 3 nitrogen and oxygen atoms in total. The molecular weight excluding hydrogens is 268 g/mol. The van der Waals surface area contributed by atoms with Gasteiger partial charge >= 0.3 is 0 Å². The summed E-state index contributed by atoms with van der Waals surface area (Å²) in [5.74, 6) is 0.832. The van der Waals surface area contributed by atoms with Crippen LogP contribution in [-0.2, 0) is 11.8 Å². The normalized spacial score (nSPS) is 11.2. The van der Waals surface area contributed by atoms with Crippen LogP contribution < -0.4 is 4.74 Å². The second-order valence-electron chi connectivity index (χ2n) is 5.60. The molecule has 0 unspecified atom stereocenters. The Labute approximate surface area is 123 Å². The summed E-state index contributed by atoms with van der Waals surface area (Å²) >= 11 is 1.60. The summed E-state index contributed by atoms with van der Waals surface area (Å²) in [6.45, 7) is 6.38. The van der Waals surface area contributed by atoms with Crippen molar-refractivity contribution in [1.82, 2.24) is 4.98 Å². The molecule has 2 aromatic rings. The Bertz CT molecular complexity index is 630. The molecule has 0 spiro atoms. The number of benzene rings is 1. The second kappa shape index (κ2) is 5.64. The molecule has 1 aromatic heterocycles. The third-order valence-electron chi connectivity index (χ3n) is 2.98. The van der Waals surface area contributed by atoms with Crippen LogP contribution in [0.1, 0.15) is 31.3 Å². The van der Waals surface area contributed by atoms with Crippen LogP contribution >= 0.6 is 11.3 Å². The third kappa shape index (κ3) is 3.00. The highest BCUT2D eigenvalue weighted by Gasteiger charge is 2.23. The summed E-state index contributed by atoms with van der Waals surface area (Å²) < 4.78 is 5.17. The van der Waals surface area contributed by atoms with Crippen LogP contribution in [0.4, 0.5) is 0 Å². The summed E-state index contributed by atoms with van der Waals surface area (Å²) in [5.41, 5.74) is 2.04. The molecule has 0 saturated heterocycles. The van der Waals surface area contributed by atoms with E-state index in [0.29, 0.717) is 6.42 Å². The molecule has 20 heavy (non-hydrogen) atoms. The first-order valence-corrected chi connectivity index (χ1v) is 7.29. The zero-order valence-corrected chi connectivity index (χ0v) is 13.0. The molecule has 4 heteroatoms. The van der Waals surface area contributed by atoms with Crippen molar-refractivity contribution in [3.05, 3.63) is 34.8 Å². The van der Waals surface area contributed by atoms with E-state index in [4.69, 9.17) is 15.0 Å². The molecule has 0 atom stereocenters. The van der Waals surface area contributed by atoms with Crippen molar-refractivity contribution < 1.29 is 4.74 Å². The van der Waals surface area contributed by atoms with E-state index in [2.05, 4.69) is 26.8 Å². The molecule has 0 aliphatic rings. The van der Waals surface area contributed by atoms with E-state index in [1.54, 1.807) is 18.4 Å². The van der Waals surface area contributed by atoms with E-state index in [1.807, 2.05) is 24.3 Å². The number of methoxy groups -OCH3 is 1. The third-order valence-corrected chi connectivity index (χ3v) is 4.09. The van der Waals surface area contributed by atoms with Gasteiger partial charge in [-0.2, -0.15) is 5.26 Å². The van der Waals surface area contributed by atoms with Gasteiger partial charge in [0.1, 0.15) is 10.8 Å². The van der Waals surface area contributed by atoms with Gasteiger partial charge in [-0.05, 0) is 24.3 Å². The summed E-state index contributed by atoms with van der Waals surface area (Å²) in [4.78, 5) is 5.81. The lowest BCUT2D eigenvalue weighted by Gasteiger charge is -2.16. The molecular formula is C16H18N2OS. The Hall–Kier alpha value is -1.86. The quantitative estimate of drug-likeness (QED) is 0.850. The number of hydrogen-bond acceptors (Lipinski definition) is 4. The molecule has 104 valence electrons. The van der Waals surface area contributed by atoms with Crippen LogP contribution in [-0.4, -0.2) is 12.1 Å². The van der Waals surface area contributed by atoms with Gasteiger partial charge in [0.05, 0.1) is 25.3 Å². The lowest BCUT2D eigenvalue weighted by Crippen LogP contribution is -2.13. The molecule has 1 heterocycles. The van der Waals surface area contributed by atoms with Crippen molar-refractivity contribution in [1.29, 1.82) is 5.26 Å². The van der Waals surface area contributed by atoms with Crippen LogP contribution in [0.25, 0.3) is 10.6 Å². The number of nitrogens with zero attached hydrogens (tertiary/aromatic N) is 2. The Kier molecular flexibility index (Phi) is 4.10. The zero-order valence-electron chi connectivity index (χ0n) is 12.2. The van der Waals surface area contributed by atoms with Gasteiger partial charge in [-0.3, -0.25) is 0 Å². The molecule has 0 N–H and O–H groups in total. The first-order valence-electron chi connectivity index (χ1n) is 6.47. The zero-order chi connectivity index (χ0) is 14.8. The van der Waals surface area contributed by atoms with Crippen molar-refractivity contribution in [2.75, 3.05) is 7.11 Å². The molecule has 2 rings (SSSR count). The van der Waals surface area contributed by atoms with E-state index in [9.17, 15) is 0 Å². The smallest absolute Gasteiger partial charge is 0.123 e. The molecule has 0 amide bonds. The first kappa shape index (κ1) is 14.5. The summed E-state index contributed by atoms with van der Waals surface area (Å²) in [6.07, 6.45) is 0.417. The highest BCUT2D eigenvalue weighted by molar-refractivity contribution is 7.15. The van der Waals surface area contributed by atoms with E-state index >= 15 is 0 Å². The molecule has 0 aliphatic carbocycles. The first-order chi connectivity index (χ1) is 9.45. The van der Waals surface area contributed by atoms with Gasteiger partial charge in [0.25, 0.3) is 0 Å². The Morgan fingerprint density at radius 1 is 1.25 bits per heavy atom. The van der Waals surface area contributed by atoms with Gasteiger partial charge in [-0.25, -0.2) is 4.98 Å².